The molecule has 114 valence electrons. The van der Waals surface area contributed by atoms with E-state index in [1.165, 1.54) is 0 Å². The van der Waals surface area contributed by atoms with E-state index in [1.54, 1.807) is 35.5 Å². The predicted molar refractivity (Wildman–Crippen MR) is 79.6 cm³/mol. The van der Waals surface area contributed by atoms with Crippen molar-refractivity contribution in [3.63, 3.8) is 0 Å². The van der Waals surface area contributed by atoms with Crippen LogP contribution < -0.4 is 9.47 Å². The summed E-state index contributed by atoms with van der Waals surface area (Å²) in [4.78, 5) is 0. The summed E-state index contributed by atoms with van der Waals surface area (Å²) in [5, 5.41) is 0. The highest BCUT2D eigenvalue weighted by Gasteiger charge is 2.37. The van der Waals surface area contributed by atoms with Crippen molar-refractivity contribution in [3.8, 4) is 11.5 Å². The minimum absolute atomic E-state index is 0.680. The largest absolute Gasteiger partial charge is 0.500 e. The lowest BCUT2D eigenvalue weighted by Gasteiger charge is -2.24. The third-order valence-electron chi connectivity index (χ3n) is 3.40. The van der Waals surface area contributed by atoms with Crippen LogP contribution in [0.3, 0.4) is 0 Å². The third kappa shape index (κ3) is 3.73. The third-order valence-corrected chi connectivity index (χ3v) is 6.13. The van der Waals surface area contributed by atoms with E-state index in [2.05, 4.69) is 0 Å². The Morgan fingerprint density at radius 3 is 1.95 bits per heavy atom. The van der Waals surface area contributed by atoms with Crippen LogP contribution in [0.5, 0.6) is 11.5 Å². The highest BCUT2D eigenvalue weighted by atomic mass is 28.4. The maximum atomic E-state index is 5.48. The molecule has 0 spiro atoms. The Labute approximate surface area is 122 Å². The van der Waals surface area contributed by atoms with E-state index in [9.17, 15) is 0 Å². The van der Waals surface area contributed by atoms with Gasteiger partial charge in [-0.25, -0.2) is 0 Å². The Bertz CT molecular complexity index is 424. The molecule has 0 saturated heterocycles. The maximum Gasteiger partial charge on any atom is 0.500 e. The van der Waals surface area contributed by atoms with E-state index >= 15 is 0 Å². The van der Waals surface area contributed by atoms with Crippen molar-refractivity contribution in [2.45, 2.75) is 19.4 Å². The second-order valence-electron chi connectivity index (χ2n) is 4.43. The van der Waals surface area contributed by atoms with E-state index in [-0.39, 0.29) is 0 Å². The summed E-state index contributed by atoms with van der Waals surface area (Å²) in [6, 6.07) is 4.61. The molecule has 1 aromatic rings. The average molecular weight is 300 g/mol. The van der Waals surface area contributed by atoms with Crippen LogP contribution in [0.1, 0.15) is 11.1 Å². The zero-order valence-corrected chi connectivity index (χ0v) is 14.1. The van der Waals surface area contributed by atoms with Gasteiger partial charge in [0.1, 0.15) is 11.5 Å². The first-order valence-electron chi connectivity index (χ1n) is 6.42. The quantitative estimate of drug-likeness (QED) is 0.690. The highest BCUT2D eigenvalue weighted by molar-refractivity contribution is 6.60. The lowest BCUT2D eigenvalue weighted by Crippen LogP contribution is -2.43. The molecule has 20 heavy (non-hydrogen) atoms. The zero-order chi connectivity index (χ0) is 15.2. The summed E-state index contributed by atoms with van der Waals surface area (Å²) in [6.45, 7) is 2.00. The number of methoxy groups -OCH3 is 2. The lowest BCUT2D eigenvalue weighted by atomic mass is 10.1. The molecule has 1 aromatic carbocycles. The van der Waals surface area contributed by atoms with Crippen LogP contribution >= 0.6 is 0 Å². The van der Waals surface area contributed by atoms with Crippen LogP contribution in [0.4, 0.5) is 0 Å². The van der Waals surface area contributed by atoms with E-state index < -0.39 is 8.80 Å². The zero-order valence-electron chi connectivity index (χ0n) is 13.1. The normalized spacial score (nSPS) is 11.5. The van der Waals surface area contributed by atoms with Crippen molar-refractivity contribution in [1.29, 1.82) is 0 Å². The first-order chi connectivity index (χ1) is 9.55. The molecule has 0 aliphatic carbocycles. The Morgan fingerprint density at radius 1 is 0.900 bits per heavy atom. The lowest BCUT2D eigenvalue weighted by molar-refractivity contribution is 0.123. The molecule has 0 radical (unpaired) electrons. The summed E-state index contributed by atoms with van der Waals surface area (Å²) in [5.74, 6) is 1.69. The van der Waals surface area contributed by atoms with Gasteiger partial charge in [0.2, 0.25) is 0 Å². The molecule has 0 unspecified atom stereocenters. The molecular weight excluding hydrogens is 276 g/mol. The Hall–Kier alpha value is -1.08. The predicted octanol–water partition coefficient (Wildman–Crippen LogP) is 2.43. The van der Waals surface area contributed by atoms with E-state index in [0.29, 0.717) is 6.04 Å². The van der Waals surface area contributed by atoms with E-state index in [1.807, 2.05) is 19.1 Å². The number of ether oxygens (including phenoxy) is 2. The van der Waals surface area contributed by atoms with Gasteiger partial charge in [0.05, 0.1) is 14.2 Å². The SMILES string of the molecule is COc1cc(C)c(OC)c(CC[Si](OC)(OC)OC)c1. The van der Waals surface area contributed by atoms with Gasteiger partial charge in [0.25, 0.3) is 0 Å². The van der Waals surface area contributed by atoms with Crippen LogP contribution in [-0.2, 0) is 19.7 Å². The van der Waals surface area contributed by atoms with Gasteiger partial charge in [-0.3, -0.25) is 0 Å². The van der Waals surface area contributed by atoms with E-state index in [4.69, 9.17) is 22.8 Å². The number of aryl methyl sites for hydroxylation is 2. The molecule has 6 heteroatoms. The van der Waals surface area contributed by atoms with Crippen LogP contribution in [0.2, 0.25) is 6.04 Å². The van der Waals surface area contributed by atoms with Gasteiger partial charge in [0.15, 0.2) is 0 Å². The van der Waals surface area contributed by atoms with Crippen LogP contribution in [-0.4, -0.2) is 44.4 Å². The molecule has 0 N–H and O–H groups in total. The molecule has 5 nitrogen and oxygen atoms in total. The van der Waals surface area contributed by atoms with Gasteiger partial charge >= 0.3 is 8.80 Å². The Balaban J connectivity index is 2.99. The molecule has 0 amide bonds. The Kier molecular flexibility index (Phi) is 6.48. The van der Waals surface area contributed by atoms with E-state index in [0.717, 1.165) is 29.0 Å². The average Bonchev–Trinajstić information content (AvgIpc) is 2.48. The smallest absolute Gasteiger partial charge is 0.497 e. The van der Waals surface area contributed by atoms with Crippen molar-refractivity contribution in [2.24, 2.45) is 0 Å². The van der Waals surface area contributed by atoms with Gasteiger partial charge in [-0.15, -0.1) is 0 Å². The van der Waals surface area contributed by atoms with Crippen LogP contribution in [0.15, 0.2) is 12.1 Å². The van der Waals surface area contributed by atoms with Crippen molar-refractivity contribution in [1.82, 2.24) is 0 Å². The fourth-order valence-corrected chi connectivity index (χ4v) is 3.94. The standard InChI is InChI=1S/C14H24O5Si/c1-11-9-13(15-2)10-12(14(11)16-3)7-8-20(17-4,18-5)19-6/h9-10H,7-8H2,1-6H3. The van der Waals surface area contributed by atoms with Crippen molar-refractivity contribution in [2.75, 3.05) is 35.5 Å². The number of hydrogen-bond acceptors (Lipinski definition) is 5. The first-order valence-corrected chi connectivity index (χ1v) is 8.36. The summed E-state index contributed by atoms with van der Waals surface area (Å²) in [7, 11) is 5.61. The molecular formula is C14H24O5Si. The summed E-state index contributed by atoms with van der Waals surface area (Å²) < 4.78 is 27.1. The minimum atomic E-state index is -2.58. The van der Waals surface area contributed by atoms with Crippen LogP contribution in [0.25, 0.3) is 0 Å². The molecule has 0 aliphatic heterocycles. The monoisotopic (exact) mass is 300 g/mol. The topological polar surface area (TPSA) is 46.2 Å². The molecule has 0 aliphatic rings. The fraction of sp³-hybridized carbons (Fsp3) is 0.571. The minimum Gasteiger partial charge on any atom is -0.497 e. The van der Waals surface area contributed by atoms with Crippen molar-refractivity contribution >= 4 is 8.80 Å². The Morgan fingerprint density at radius 2 is 1.50 bits per heavy atom. The second-order valence-corrected chi connectivity index (χ2v) is 7.52. The molecule has 0 heterocycles. The number of benzene rings is 1. The molecule has 0 fully saturated rings. The van der Waals surface area contributed by atoms with Gasteiger partial charge in [-0.05, 0) is 36.6 Å². The highest BCUT2D eigenvalue weighted by Crippen LogP contribution is 2.31. The molecule has 1 rings (SSSR count). The summed E-state index contributed by atoms with van der Waals surface area (Å²) >= 11 is 0. The van der Waals surface area contributed by atoms with Crippen LogP contribution in [0, 0.1) is 6.92 Å². The fourth-order valence-electron chi connectivity index (χ4n) is 2.25. The van der Waals surface area contributed by atoms with Crippen molar-refractivity contribution < 1.29 is 22.8 Å². The van der Waals surface area contributed by atoms with Gasteiger partial charge in [0, 0.05) is 27.4 Å². The number of hydrogen-bond donors (Lipinski definition) is 0. The molecule has 0 saturated carbocycles. The van der Waals surface area contributed by atoms with Gasteiger partial charge < -0.3 is 22.8 Å². The second kappa shape index (κ2) is 7.63. The maximum absolute atomic E-state index is 5.48. The van der Waals surface area contributed by atoms with Gasteiger partial charge in [-0.1, -0.05) is 0 Å². The molecule has 0 bridgehead atoms. The summed E-state index contributed by atoms with van der Waals surface area (Å²) in [6.07, 6.45) is 0.739. The van der Waals surface area contributed by atoms with Gasteiger partial charge in [-0.2, -0.15) is 0 Å². The molecule has 0 aromatic heterocycles. The number of rotatable bonds is 8. The molecule has 0 atom stereocenters. The first kappa shape index (κ1) is 17.0. The van der Waals surface area contributed by atoms with Crippen molar-refractivity contribution in [3.05, 3.63) is 23.3 Å². The summed E-state index contributed by atoms with van der Waals surface area (Å²) in [5.41, 5.74) is 2.11.